The molecule has 2 amide bonds. The first kappa shape index (κ1) is 22.2. The second kappa shape index (κ2) is 8.50. The second-order valence-corrected chi connectivity index (χ2v) is 9.40. The summed E-state index contributed by atoms with van der Waals surface area (Å²) in [5, 5.41) is 3.25. The molecule has 2 aliphatic rings. The number of carbonyl (C=O) groups excluding carboxylic acids is 2. The fraction of sp³-hybridized carbons (Fsp3) is 0.435. The lowest BCUT2D eigenvalue weighted by Crippen LogP contribution is -2.50. The number of halogens is 1. The summed E-state index contributed by atoms with van der Waals surface area (Å²) in [6, 6.07) is 11.0. The fourth-order valence-electron chi connectivity index (χ4n) is 3.89. The first-order chi connectivity index (χ1) is 15.1. The van der Waals surface area contributed by atoms with Crippen molar-refractivity contribution < 1.29 is 14.3 Å². The number of hydrogen-bond acceptors (Lipinski definition) is 6. The summed E-state index contributed by atoms with van der Waals surface area (Å²) >= 11 is 6.12. The summed E-state index contributed by atoms with van der Waals surface area (Å²) in [5.41, 5.74) is 2.06. The minimum absolute atomic E-state index is 0.0936. The van der Waals surface area contributed by atoms with Crippen LogP contribution in [-0.2, 0) is 9.53 Å². The Kier molecular flexibility index (Phi) is 5.90. The van der Waals surface area contributed by atoms with E-state index in [0.29, 0.717) is 29.7 Å². The van der Waals surface area contributed by atoms with Gasteiger partial charge < -0.3 is 24.8 Å². The molecule has 9 heteroatoms. The van der Waals surface area contributed by atoms with Gasteiger partial charge in [0, 0.05) is 37.6 Å². The molecule has 1 atom stereocenters. The van der Waals surface area contributed by atoms with E-state index < -0.39 is 11.6 Å². The Morgan fingerprint density at radius 2 is 1.69 bits per heavy atom. The Labute approximate surface area is 193 Å². The van der Waals surface area contributed by atoms with E-state index >= 15 is 0 Å². The van der Waals surface area contributed by atoms with Gasteiger partial charge in [-0.3, -0.25) is 4.79 Å². The molecule has 3 heterocycles. The summed E-state index contributed by atoms with van der Waals surface area (Å²) in [6.07, 6.45) is -0.269. The molecule has 0 saturated carbocycles. The van der Waals surface area contributed by atoms with Crippen molar-refractivity contribution in [3.05, 3.63) is 41.6 Å². The highest BCUT2D eigenvalue weighted by Gasteiger charge is 2.32. The standard InChI is InChI=1S/C23H28ClN5O3/c1-15-21(30)25-18-9-10-19(24)26-20(18)29(15)17-7-5-16(6-8-17)27-11-13-28(14-12-27)22(31)32-23(2,3)4/h5-10,15H,11-14H2,1-4H3,(H,25,30). The third-order valence-electron chi connectivity index (χ3n) is 5.52. The SMILES string of the molecule is CC1C(=O)Nc2ccc(Cl)nc2N1c1ccc(N2CCN(C(=O)OC(C)(C)C)CC2)cc1. The number of carbonyl (C=O) groups is 2. The number of nitrogens with one attached hydrogen (secondary N) is 1. The molecule has 1 fully saturated rings. The van der Waals surface area contributed by atoms with Crippen LogP contribution in [0.2, 0.25) is 5.15 Å². The van der Waals surface area contributed by atoms with Gasteiger partial charge in [-0.15, -0.1) is 0 Å². The van der Waals surface area contributed by atoms with E-state index in [1.807, 2.05) is 56.9 Å². The van der Waals surface area contributed by atoms with E-state index in [9.17, 15) is 9.59 Å². The van der Waals surface area contributed by atoms with Crippen LogP contribution in [0.1, 0.15) is 27.7 Å². The Bertz CT molecular complexity index is 1010. The van der Waals surface area contributed by atoms with Crippen LogP contribution in [0.4, 0.5) is 27.7 Å². The molecule has 1 N–H and O–H groups in total. The number of pyridine rings is 1. The maximum atomic E-state index is 12.4. The molecule has 1 saturated heterocycles. The van der Waals surface area contributed by atoms with Crippen molar-refractivity contribution in [2.24, 2.45) is 0 Å². The van der Waals surface area contributed by atoms with E-state index in [0.717, 1.165) is 24.5 Å². The fourth-order valence-corrected chi connectivity index (χ4v) is 4.03. The first-order valence-corrected chi connectivity index (χ1v) is 11.1. The van der Waals surface area contributed by atoms with Crippen LogP contribution >= 0.6 is 11.6 Å². The second-order valence-electron chi connectivity index (χ2n) is 9.01. The molecule has 1 unspecified atom stereocenters. The molecule has 170 valence electrons. The Hall–Kier alpha value is -3.00. The van der Waals surface area contributed by atoms with Crippen LogP contribution in [0, 0.1) is 0 Å². The molecule has 2 aromatic rings. The molecule has 0 radical (unpaired) electrons. The summed E-state index contributed by atoms with van der Waals surface area (Å²) in [5.74, 6) is 0.535. The average molecular weight is 458 g/mol. The predicted molar refractivity (Wildman–Crippen MR) is 126 cm³/mol. The minimum atomic E-state index is -0.496. The lowest BCUT2D eigenvalue weighted by Gasteiger charge is -2.37. The number of ether oxygens (including phenoxy) is 1. The Morgan fingerprint density at radius 1 is 1.06 bits per heavy atom. The third kappa shape index (κ3) is 4.60. The van der Waals surface area contributed by atoms with Crippen molar-refractivity contribution in [2.45, 2.75) is 39.3 Å². The van der Waals surface area contributed by atoms with Crippen LogP contribution in [0.15, 0.2) is 36.4 Å². The van der Waals surface area contributed by atoms with Crippen molar-refractivity contribution in [3.8, 4) is 0 Å². The molecule has 1 aromatic heterocycles. The van der Waals surface area contributed by atoms with Crippen molar-refractivity contribution in [1.29, 1.82) is 0 Å². The van der Waals surface area contributed by atoms with Gasteiger partial charge >= 0.3 is 6.09 Å². The number of aromatic nitrogens is 1. The zero-order valence-electron chi connectivity index (χ0n) is 18.8. The summed E-state index contributed by atoms with van der Waals surface area (Å²) in [4.78, 5) is 35.0. The van der Waals surface area contributed by atoms with Gasteiger partial charge in [-0.1, -0.05) is 11.6 Å². The summed E-state index contributed by atoms with van der Waals surface area (Å²) < 4.78 is 5.47. The first-order valence-electron chi connectivity index (χ1n) is 10.7. The molecule has 0 bridgehead atoms. The Balaban J connectivity index is 1.47. The molecular formula is C23H28ClN5O3. The topological polar surface area (TPSA) is 78.0 Å². The highest BCUT2D eigenvalue weighted by Crippen LogP contribution is 2.37. The third-order valence-corrected chi connectivity index (χ3v) is 5.73. The monoisotopic (exact) mass is 457 g/mol. The van der Waals surface area contributed by atoms with Crippen LogP contribution < -0.4 is 15.1 Å². The largest absolute Gasteiger partial charge is 0.444 e. The van der Waals surface area contributed by atoms with Gasteiger partial charge in [0.05, 0.1) is 5.69 Å². The average Bonchev–Trinajstić information content (AvgIpc) is 2.74. The van der Waals surface area contributed by atoms with Gasteiger partial charge in [0.15, 0.2) is 5.82 Å². The van der Waals surface area contributed by atoms with E-state index in [-0.39, 0.29) is 12.0 Å². The van der Waals surface area contributed by atoms with Crippen LogP contribution in [0.5, 0.6) is 0 Å². The number of anilines is 4. The van der Waals surface area contributed by atoms with Gasteiger partial charge in [-0.25, -0.2) is 9.78 Å². The normalized spacial score (nSPS) is 18.8. The van der Waals surface area contributed by atoms with Crippen LogP contribution in [-0.4, -0.2) is 59.7 Å². The maximum Gasteiger partial charge on any atom is 0.410 e. The van der Waals surface area contributed by atoms with Gasteiger partial charge in [0.25, 0.3) is 0 Å². The van der Waals surface area contributed by atoms with E-state index in [1.54, 1.807) is 17.0 Å². The number of rotatable bonds is 2. The Morgan fingerprint density at radius 3 is 2.31 bits per heavy atom. The number of nitrogens with zero attached hydrogens (tertiary/aromatic N) is 4. The van der Waals surface area contributed by atoms with E-state index in [1.165, 1.54) is 0 Å². The predicted octanol–water partition coefficient (Wildman–Crippen LogP) is 4.27. The van der Waals surface area contributed by atoms with Crippen LogP contribution in [0.3, 0.4) is 0 Å². The highest BCUT2D eigenvalue weighted by atomic mass is 35.5. The van der Waals surface area contributed by atoms with Crippen LogP contribution in [0.25, 0.3) is 0 Å². The maximum absolute atomic E-state index is 12.4. The number of hydrogen-bond donors (Lipinski definition) is 1. The quantitative estimate of drug-likeness (QED) is 0.678. The van der Waals surface area contributed by atoms with Crippen molar-refractivity contribution in [2.75, 3.05) is 41.3 Å². The number of benzene rings is 1. The zero-order chi connectivity index (χ0) is 23.0. The minimum Gasteiger partial charge on any atom is -0.444 e. The van der Waals surface area contributed by atoms with E-state index in [4.69, 9.17) is 16.3 Å². The number of amides is 2. The van der Waals surface area contributed by atoms with Gasteiger partial charge in [-0.2, -0.15) is 0 Å². The van der Waals surface area contributed by atoms with Crippen molar-refractivity contribution in [3.63, 3.8) is 0 Å². The lowest BCUT2D eigenvalue weighted by atomic mass is 10.1. The van der Waals surface area contributed by atoms with Gasteiger partial charge in [0.1, 0.15) is 16.8 Å². The molecule has 4 rings (SSSR count). The highest BCUT2D eigenvalue weighted by molar-refractivity contribution is 6.29. The van der Waals surface area contributed by atoms with Gasteiger partial charge in [-0.05, 0) is 64.1 Å². The number of piperazine rings is 1. The summed E-state index contributed by atoms with van der Waals surface area (Å²) in [7, 11) is 0. The smallest absolute Gasteiger partial charge is 0.410 e. The molecular weight excluding hydrogens is 430 g/mol. The molecule has 32 heavy (non-hydrogen) atoms. The van der Waals surface area contributed by atoms with Crippen molar-refractivity contribution in [1.82, 2.24) is 9.88 Å². The molecule has 0 aliphatic carbocycles. The lowest BCUT2D eigenvalue weighted by molar-refractivity contribution is -0.117. The molecule has 1 aromatic carbocycles. The number of fused-ring (bicyclic) bond motifs is 1. The molecule has 8 nitrogen and oxygen atoms in total. The van der Waals surface area contributed by atoms with Gasteiger partial charge in [0.2, 0.25) is 5.91 Å². The zero-order valence-corrected chi connectivity index (χ0v) is 19.5. The van der Waals surface area contributed by atoms with E-state index in [2.05, 4.69) is 15.2 Å². The molecule has 0 spiro atoms. The molecule has 2 aliphatic heterocycles. The summed E-state index contributed by atoms with van der Waals surface area (Å²) in [6.45, 7) is 10.1. The van der Waals surface area contributed by atoms with Crippen molar-refractivity contribution >= 4 is 46.5 Å².